The lowest BCUT2D eigenvalue weighted by Crippen LogP contribution is -2.57. The number of ether oxygens (including phenoxy) is 2. The van der Waals surface area contributed by atoms with Gasteiger partial charge in [-0.3, -0.25) is 0 Å². The number of sulfone groups is 1. The van der Waals surface area contributed by atoms with Crippen LogP contribution in [-0.2, 0) is 19.3 Å². The minimum Gasteiger partial charge on any atom is -0.465 e. The lowest BCUT2D eigenvalue weighted by Gasteiger charge is -2.38. The van der Waals surface area contributed by atoms with Crippen LogP contribution in [0.15, 0.2) is 23.4 Å². The largest absolute Gasteiger partial charge is 0.465 e. The fourth-order valence-corrected chi connectivity index (χ4v) is 3.68. The third-order valence-electron chi connectivity index (χ3n) is 3.39. The topological polar surface area (TPSA) is 103 Å². The Morgan fingerprint density at radius 2 is 1.92 bits per heavy atom. The molecule has 1 aliphatic rings. The first kappa shape index (κ1) is 18.2. The number of amides is 1. The molecule has 132 valence electrons. The second-order valence-electron chi connectivity index (χ2n) is 6.43. The molecule has 0 aliphatic carbocycles. The molecule has 1 aromatic heterocycles. The first-order valence-electron chi connectivity index (χ1n) is 7.31. The number of aromatic nitrogens is 1. The van der Waals surface area contributed by atoms with Gasteiger partial charge in [0, 0.05) is 19.3 Å². The van der Waals surface area contributed by atoms with Gasteiger partial charge >= 0.3 is 12.1 Å². The molecule has 1 amide bonds. The molecule has 24 heavy (non-hydrogen) atoms. The van der Waals surface area contributed by atoms with Crippen LogP contribution in [-0.4, -0.2) is 61.4 Å². The van der Waals surface area contributed by atoms with Crippen molar-refractivity contribution in [3.05, 3.63) is 23.9 Å². The normalized spacial score (nSPS) is 15.6. The van der Waals surface area contributed by atoms with Crippen molar-refractivity contribution in [2.24, 2.45) is 0 Å². The average Bonchev–Trinajstić information content (AvgIpc) is 2.42. The third-order valence-corrected chi connectivity index (χ3v) is 5.37. The standard InChI is InChI=1S/C15H20N2O6S/c1-15(2,3)23-14(19)17-8-11(9-17)24(20,21)12-7-10(5-6-16-12)13(18)22-4/h5-7,11H,8-9H2,1-4H3. The van der Waals surface area contributed by atoms with E-state index in [0.29, 0.717) is 0 Å². The van der Waals surface area contributed by atoms with Crippen LogP contribution in [0.2, 0.25) is 0 Å². The highest BCUT2D eigenvalue weighted by molar-refractivity contribution is 7.92. The monoisotopic (exact) mass is 356 g/mol. The summed E-state index contributed by atoms with van der Waals surface area (Å²) in [5, 5.41) is -0.982. The molecule has 0 spiro atoms. The predicted molar refractivity (Wildman–Crippen MR) is 84.4 cm³/mol. The van der Waals surface area contributed by atoms with Gasteiger partial charge in [-0.2, -0.15) is 0 Å². The lowest BCUT2D eigenvalue weighted by molar-refractivity contribution is 0.0138. The quantitative estimate of drug-likeness (QED) is 0.751. The van der Waals surface area contributed by atoms with Crippen molar-refractivity contribution in [3.63, 3.8) is 0 Å². The summed E-state index contributed by atoms with van der Waals surface area (Å²) in [7, 11) is -2.54. The van der Waals surface area contributed by atoms with Crippen molar-refractivity contribution in [2.75, 3.05) is 20.2 Å². The highest BCUT2D eigenvalue weighted by Gasteiger charge is 2.42. The van der Waals surface area contributed by atoms with E-state index in [1.54, 1.807) is 20.8 Å². The Bertz CT molecular complexity index is 747. The summed E-state index contributed by atoms with van der Waals surface area (Å²) in [5.74, 6) is -0.641. The second kappa shape index (κ2) is 6.39. The van der Waals surface area contributed by atoms with E-state index in [4.69, 9.17) is 4.74 Å². The second-order valence-corrected chi connectivity index (χ2v) is 8.60. The van der Waals surface area contributed by atoms with Crippen LogP contribution in [0.25, 0.3) is 0 Å². The third kappa shape index (κ3) is 3.84. The van der Waals surface area contributed by atoms with E-state index < -0.39 is 32.8 Å². The molecule has 1 aliphatic heterocycles. The maximum Gasteiger partial charge on any atom is 0.410 e. The zero-order valence-electron chi connectivity index (χ0n) is 14.0. The van der Waals surface area contributed by atoms with Crippen molar-refractivity contribution < 1.29 is 27.5 Å². The molecule has 1 aromatic rings. The number of likely N-dealkylation sites (tertiary alicyclic amines) is 1. The first-order valence-corrected chi connectivity index (χ1v) is 8.85. The van der Waals surface area contributed by atoms with E-state index in [1.165, 1.54) is 30.3 Å². The molecule has 8 nitrogen and oxygen atoms in total. The molecule has 0 bridgehead atoms. The molecular formula is C15H20N2O6S. The van der Waals surface area contributed by atoms with Crippen LogP contribution in [0, 0.1) is 0 Å². The van der Waals surface area contributed by atoms with E-state index in [9.17, 15) is 18.0 Å². The molecular weight excluding hydrogens is 336 g/mol. The molecule has 2 heterocycles. The van der Waals surface area contributed by atoms with Gasteiger partial charge < -0.3 is 14.4 Å². The summed E-state index contributed by atoms with van der Waals surface area (Å²) < 4.78 is 34.8. The highest BCUT2D eigenvalue weighted by Crippen LogP contribution is 2.24. The number of hydrogen-bond donors (Lipinski definition) is 0. The highest BCUT2D eigenvalue weighted by atomic mass is 32.2. The number of carbonyl (C=O) groups is 2. The summed E-state index contributed by atoms with van der Waals surface area (Å²) >= 11 is 0. The molecule has 1 saturated heterocycles. The maximum atomic E-state index is 12.5. The van der Waals surface area contributed by atoms with E-state index in [1.807, 2.05) is 0 Å². The van der Waals surface area contributed by atoms with Crippen molar-refractivity contribution in [1.29, 1.82) is 0 Å². The van der Waals surface area contributed by atoms with Gasteiger partial charge in [0.25, 0.3) is 0 Å². The minimum absolute atomic E-state index is 0.0291. The van der Waals surface area contributed by atoms with Gasteiger partial charge in [0.1, 0.15) is 10.9 Å². The number of carbonyl (C=O) groups excluding carboxylic acids is 2. The molecule has 0 saturated carbocycles. The van der Waals surface area contributed by atoms with Crippen LogP contribution >= 0.6 is 0 Å². The molecule has 2 rings (SSSR count). The maximum absolute atomic E-state index is 12.5. The van der Waals surface area contributed by atoms with Crippen LogP contribution < -0.4 is 0 Å². The molecule has 0 atom stereocenters. The number of pyridine rings is 1. The van der Waals surface area contributed by atoms with Gasteiger partial charge in [-0.15, -0.1) is 0 Å². The number of hydrogen-bond acceptors (Lipinski definition) is 7. The SMILES string of the molecule is COC(=O)c1ccnc(S(=O)(=O)C2CN(C(=O)OC(C)(C)C)C2)c1. The summed E-state index contributed by atoms with van der Waals surface area (Å²) in [4.78, 5) is 28.5. The summed E-state index contributed by atoms with van der Waals surface area (Å²) in [6.45, 7) is 5.27. The van der Waals surface area contributed by atoms with E-state index in [2.05, 4.69) is 9.72 Å². The molecule has 9 heteroatoms. The van der Waals surface area contributed by atoms with Gasteiger partial charge in [0.05, 0.1) is 12.7 Å². The smallest absolute Gasteiger partial charge is 0.410 e. The van der Waals surface area contributed by atoms with Crippen molar-refractivity contribution in [3.8, 4) is 0 Å². The fraction of sp³-hybridized carbons (Fsp3) is 0.533. The first-order chi connectivity index (χ1) is 11.0. The van der Waals surface area contributed by atoms with Crippen molar-refractivity contribution >= 4 is 21.9 Å². The van der Waals surface area contributed by atoms with Crippen LogP contribution in [0.5, 0.6) is 0 Å². The number of esters is 1. The summed E-state index contributed by atoms with van der Waals surface area (Å²) in [6, 6.07) is 2.55. The average molecular weight is 356 g/mol. The Hall–Kier alpha value is -2.16. The van der Waals surface area contributed by atoms with Crippen LogP contribution in [0.1, 0.15) is 31.1 Å². The Kier molecular flexibility index (Phi) is 4.84. The van der Waals surface area contributed by atoms with Crippen molar-refractivity contribution in [2.45, 2.75) is 36.6 Å². The van der Waals surface area contributed by atoms with Crippen LogP contribution in [0.3, 0.4) is 0 Å². The number of rotatable bonds is 3. The van der Waals surface area contributed by atoms with Crippen molar-refractivity contribution in [1.82, 2.24) is 9.88 Å². The molecule has 0 radical (unpaired) electrons. The summed E-state index contributed by atoms with van der Waals surface area (Å²) in [6.07, 6.45) is 0.689. The zero-order valence-corrected chi connectivity index (χ0v) is 14.8. The molecule has 0 aromatic carbocycles. The van der Waals surface area contributed by atoms with Gasteiger partial charge in [0.15, 0.2) is 5.03 Å². The van der Waals surface area contributed by atoms with Gasteiger partial charge in [-0.25, -0.2) is 23.0 Å². The predicted octanol–water partition coefficient (Wildman–Crippen LogP) is 1.26. The zero-order chi connectivity index (χ0) is 18.1. The Labute approximate surface area is 140 Å². The van der Waals surface area contributed by atoms with E-state index in [-0.39, 0.29) is 23.7 Å². The minimum atomic E-state index is -3.74. The lowest BCUT2D eigenvalue weighted by atomic mass is 10.2. The van der Waals surface area contributed by atoms with Gasteiger partial charge in [0.2, 0.25) is 9.84 Å². The van der Waals surface area contributed by atoms with Gasteiger partial charge in [-0.1, -0.05) is 0 Å². The van der Waals surface area contributed by atoms with Crippen LogP contribution in [0.4, 0.5) is 4.79 Å². The molecule has 1 fully saturated rings. The van der Waals surface area contributed by atoms with E-state index in [0.717, 1.165) is 0 Å². The van der Waals surface area contributed by atoms with E-state index >= 15 is 0 Å². The number of nitrogens with zero attached hydrogens (tertiary/aromatic N) is 2. The molecule has 0 unspecified atom stereocenters. The summed E-state index contributed by atoms with van der Waals surface area (Å²) in [5.41, 5.74) is -0.535. The Morgan fingerprint density at radius 1 is 1.29 bits per heavy atom. The Balaban J connectivity index is 2.09. The fourth-order valence-electron chi connectivity index (χ4n) is 2.09. The Morgan fingerprint density at radius 3 is 2.46 bits per heavy atom. The molecule has 0 N–H and O–H groups in total. The van der Waals surface area contributed by atoms with Gasteiger partial charge in [-0.05, 0) is 32.9 Å². The number of methoxy groups -OCH3 is 1.